The lowest BCUT2D eigenvalue weighted by molar-refractivity contribution is -0.360. The summed E-state index contributed by atoms with van der Waals surface area (Å²) in [6, 6.07) is 5.10. The molecule has 0 aromatic heterocycles. The average Bonchev–Trinajstić information content (AvgIpc) is 2.40. The van der Waals surface area contributed by atoms with Crippen LogP contribution in [-0.2, 0) is 0 Å². The van der Waals surface area contributed by atoms with E-state index >= 15 is 0 Å². The van der Waals surface area contributed by atoms with Gasteiger partial charge in [-0.05, 0) is 31.5 Å². The van der Waals surface area contributed by atoms with E-state index in [1.807, 2.05) is 0 Å². The largest absolute Gasteiger partial charge is 0.499 e. The van der Waals surface area contributed by atoms with E-state index in [2.05, 4.69) is 10.1 Å². The minimum Gasteiger partial charge on any atom is -0.485 e. The van der Waals surface area contributed by atoms with Gasteiger partial charge in [0.25, 0.3) is 0 Å². The van der Waals surface area contributed by atoms with Crippen molar-refractivity contribution in [1.29, 1.82) is 0 Å². The highest BCUT2D eigenvalue weighted by Crippen LogP contribution is 2.40. The van der Waals surface area contributed by atoms with Crippen LogP contribution in [0.1, 0.15) is 12.8 Å². The zero-order valence-electron chi connectivity index (χ0n) is 10.9. The van der Waals surface area contributed by atoms with Gasteiger partial charge in [-0.15, -0.1) is 0 Å². The van der Waals surface area contributed by atoms with Crippen LogP contribution in [0.2, 0.25) is 0 Å². The highest BCUT2D eigenvalue weighted by Gasteiger charge is 2.61. The summed E-state index contributed by atoms with van der Waals surface area (Å²) in [4.78, 5) is 0. The van der Waals surface area contributed by atoms with E-state index < -0.39 is 18.0 Å². The molecule has 0 spiro atoms. The van der Waals surface area contributed by atoms with E-state index in [1.54, 1.807) is 0 Å². The van der Waals surface area contributed by atoms with Gasteiger partial charge >= 0.3 is 12.3 Å². The number of ether oxygens (including phenoxy) is 2. The summed E-state index contributed by atoms with van der Waals surface area (Å²) >= 11 is 0. The van der Waals surface area contributed by atoms with Crippen molar-refractivity contribution in [3.63, 3.8) is 0 Å². The zero-order valence-corrected chi connectivity index (χ0v) is 10.9. The molecule has 1 aromatic rings. The van der Waals surface area contributed by atoms with Crippen LogP contribution >= 0.6 is 0 Å². The van der Waals surface area contributed by atoms with E-state index in [4.69, 9.17) is 4.74 Å². The minimum absolute atomic E-state index is 0.130. The number of halogens is 5. The van der Waals surface area contributed by atoms with Gasteiger partial charge in [-0.1, -0.05) is 12.1 Å². The van der Waals surface area contributed by atoms with E-state index in [0.717, 1.165) is 19.0 Å². The Morgan fingerprint density at radius 1 is 1.05 bits per heavy atom. The number of alkyl halides is 5. The molecule has 1 aromatic carbocycles. The smallest absolute Gasteiger partial charge is 0.485 e. The molecule has 118 valence electrons. The Balaban J connectivity index is 2.13. The number of piperidine rings is 1. The van der Waals surface area contributed by atoms with E-state index in [0.29, 0.717) is 13.0 Å². The Morgan fingerprint density at radius 3 is 2.29 bits per heavy atom. The predicted octanol–water partition coefficient (Wildman–Crippen LogP) is 3.35. The SMILES string of the molecule is FC(F)(F)C(F)(F)Oc1ccccc1OC1CCCNC1. The lowest BCUT2D eigenvalue weighted by Crippen LogP contribution is -2.42. The Labute approximate surface area is 118 Å². The third-order valence-corrected chi connectivity index (χ3v) is 2.96. The molecule has 1 fully saturated rings. The van der Waals surface area contributed by atoms with Gasteiger partial charge in [-0.2, -0.15) is 22.0 Å². The monoisotopic (exact) mass is 311 g/mol. The highest BCUT2D eigenvalue weighted by molar-refractivity contribution is 5.40. The number of hydrogen-bond acceptors (Lipinski definition) is 3. The molecule has 0 amide bonds. The molecular formula is C13H14F5NO2. The predicted molar refractivity (Wildman–Crippen MR) is 64.6 cm³/mol. The maximum atomic E-state index is 13.0. The maximum Gasteiger partial charge on any atom is 0.499 e. The van der Waals surface area contributed by atoms with Crippen LogP contribution in [-0.4, -0.2) is 31.5 Å². The molecule has 1 saturated heterocycles. The summed E-state index contributed by atoms with van der Waals surface area (Å²) in [7, 11) is 0. The third kappa shape index (κ3) is 3.96. The van der Waals surface area contributed by atoms with Crippen molar-refractivity contribution in [1.82, 2.24) is 5.32 Å². The Bertz CT molecular complexity index is 472. The first kappa shape index (κ1) is 15.8. The molecule has 0 bridgehead atoms. The number of nitrogens with one attached hydrogen (secondary N) is 1. The number of para-hydroxylation sites is 2. The molecule has 1 aliphatic rings. The molecule has 1 heterocycles. The van der Waals surface area contributed by atoms with Gasteiger partial charge in [0.05, 0.1) is 0 Å². The van der Waals surface area contributed by atoms with Crippen molar-refractivity contribution >= 4 is 0 Å². The molecular weight excluding hydrogens is 297 g/mol. The molecule has 1 unspecified atom stereocenters. The molecule has 1 aliphatic heterocycles. The zero-order chi connectivity index (χ0) is 15.5. The van der Waals surface area contributed by atoms with Crippen LogP contribution in [0.15, 0.2) is 24.3 Å². The topological polar surface area (TPSA) is 30.5 Å². The maximum absolute atomic E-state index is 13.0. The summed E-state index contributed by atoms with van der Waals surface area (Å²) in [6.45, 7) is 1.33. The number of hydrogen-bond donors (Lipinski definition) is 1. The molecule has 1 N–H and O–H groups in total. The van der Waals surface area contributed by atoms with E-state index in [-0.39, 0.29) is 11.9 Å². The van der Waals surface area contributed by atoms with Crippen molar-refractivity contribution in [2.75, 3.05) is 13.1 Å². The van der Waals surface area contributed by atoms with Gasteiger partial charge in [0.2, 0.25) is 0 Å². The first-order valence-electron chi connectivity index (χ1n) is 6.39. The molecule has 0 aliphatic carbocycles. The molecule has 3 nitrogen and oxygen atoms in total. The fourth-order valence-electron chi connectivity index (χ4n) is 1.93. The second-order valence-corrected chi connectivity index (χ2v) is 4.65. The van der Waals surface area contributed by atoms with Crippen molar-refractivity contribution in [2.45, 2.75) is 31.2 Å². The normalized spacial score (nSPS) is 20.1. The molecule has 8 heteroatoms. The van der Waals surface area contributed by atoms with Gasteiger partial charge in [0.1, 0.15) is 6.10 Å². The quantitative estimate of drug-likeness (QED) is 0.865. The highest BCUT2D eigenvalue weighted by atomic mass is 19.4. The van der Waals surface area contributed by atoms with Crippen LogP contribution in [0, 0.1) is 0 Å². The van der Waals surface area contributed by atoms with Crippen molar-refractivity contribution < 1.29 is 31.4 Å². The number of benzene rings is 1. The first-order valence-corrected chi connectivity index (χ1v) is 6.39. The van der Waals surface area contributed by atoms with Crippen LogP contribution < -0.4 is 14.8 Å². The van der Waals surface area contributed by atoms with E-state index in [1.165, 1.54) is 18.2 Å². The van der Waals surface area contributed by atoms with Gasteiger partial charge in [-0.3, -0.25) is 0 Å². The lowest BCUT2D eigenvalue weighted by atomic mass is 10.1. The van der Waals surface area contributed by atoms with Gasteiger partial charge in [0, 0.05) is 6.54 Å². The average molecular weight is 311 g/mol. The summed E-state index contributed by atoms with van der Waals surface area (Å²) in [5, 5.41) is 3.05. The van der Waals surface area contributed by atoms with Gasteiger partial charge in [-0.25, -0.2) is 0 Å². The summed E-state index contributed by atoms with van der Waals surface area (Å²) in [6.07, 6.45) is -9.81. The fraction of sp³-hybridized carbons (Fsp3) is 0.538. The Kier molecular flexibility index (Phi) is 4.55. The van der Waals surface area contributed by atoms with Gasteiger partial charge in [0.15, 0.2) is 11.5 Å². The van der Waals surface area contributed by atoms with E-state index in [9.17, 15) is 22.0 Å². The number of rotatable bonds is 4. The van der Waals surface area contributed by atoms with Crippen LogP contribution in [0.3, 0.4) is 0 Å². The molecule has 1 atom stereocenters. The molecule has 0 saturated carbocycles. The lowest BCUT2D eigenvalue weighted by Gasteiger charge is -2.26. The van der Waals surface area contributed by atoms with Crippen LogP contribution in [0.4, 0.5) is 22.0 Å². The second-order valence-electron chi connectivity index (χ2n) is 4.65. The van der Waals surface area contributed by atoms with Crippen LogP contribution in [0.5, 0.6) is 11.5 Å². The second kappa shape index (κ2) is 6.05. The van der Waals surface area contributed by atoms with Crippen LogP contribution in [0.25, 0.3) is 0 Å². The van der Waals surface area contributed by atoms with Crippen molar-refractivity contribution in [3.05, 3.63) is 24.3 Å². The molecule has 21 heavy (non-hydrogen) atoms. The summed E-state index contributed by atoms with van der Waals surface area (Å²) < 4.78 is 71.8. The molecule has 0 radical (unpaired) electrons. The Hall–Kier alpha value is -1.57. The third-order valence-electron chi connectivity index (χ3n) is 2.96. The van der Waals surface area contributed by atoms with Crippen molar-refractivity contribution in [2.24, 2.45) is 0 Å². The Morgan fingerprint density at radius 2 is 1.71 bits per heavy atom. The molecule has 2 rings (SSSR count). The summed E-state index contributed by atoms with van der Waals surface area (Å²) in [5.41, 5.74) is 0. The summed E-state index contributed by atoms with van der Waals surface area (Å²) in [5.74, 6) is -0.763. The standard InChI is InChI=1S/C13H14F5NO2/c14-12(15,16)13(17,18)21-11-6-2-1-5-10(11)20-9-4-3-7-19-8-9/h1-2,5-6,9,19H,3-4,7-8H2. The first-order chi connectivity index (χ1) is 9.79. The minimum atomic E-state index is -5.79. The van der Waals surface area contributed by atoms with Gasteiger partial charge < -0.3 is 14.8 Å². The fourth-order valence-corrected chi connectivity index (χ4v) is 1.93. The van der Waals surface area contributed by atoms with Crippen molar-refractivity contribution in [3.8, 4) is 11.5 Å².